The first kappa shape index (κ1) is 13.5. The average Bonchev–Trinajstić information content (AvgIpc) is 2.63. The van der Waals surface area contributed by atoms with E-state index in [4.69, 9.17) is 10.3 Å². The molecule has 2 heterocycles. The van der Waals surface area contributed by atoms with Gasteiger partial charge in [0.15, 0.2) is 5.82 Å². The number of piperidine rings is 1. The van der Waals surface area contributed by atoms with E-state index in [1.807, 2.05) is 0 Å². The van der Waals surface area contributed by atoms with Crippen LogP contribution in [0.25, 0.3) is 0 Å². The molecule has 2 N–H and O–H groups in total. The van der Waals surface area contributed by atoms with Gasteiger partial charge in [0.2, 0.25) is 5.89 Å². The van der Waals surface area contributed by atoms with E-state index in [1.54, 1.807) is 0 Å². The Morgan fingerprint density at radius 1 is 1.39 bits per heavy atom. The molecule has 0 amide bonds. The van der Waals surface area contributed by atoms with E-state index in [-0.39, 0.29) is 11.5 Å². The summed E-state index contributed by atoms with van der Waals surface area (Å²) < 4.78 is 5.32. The summed E-state index contributed by atoms with van der Waals surface area (Å²) in [6, 6.07) is 0.263. The monoisotopic (exact) mass is 252 g/mol. The molecule has 5 nitrogen and oxygen atoms in total. The van der Waals surface area contributed by atoms with Crippen molar-refractivity contribution in [1.82, 2.24) is 15.0 Å². The van der Waals surface area contributed by atoms with Crippen LogP contribution in [0.2, 0.25) is 0 Å². The van der Waals surface area contributed by atoms with Crippen molar-refractivity contribution in [3.05, 3.63) is 11.7 Å². The minimum absolute atomic E-state index is 0.0622. The molecule has 1 saturated heterocycles. The summed E-state index contributed by atoms with van der Waals surface area (Å²) in [5, 5.41) is 4.05. The Labute approximate surface area is 109 Å². The molecule has 1 aliphatic rings. The highest BCUT2D eigenvalue weighted by Gasteiger charge is 2.25. The largest absolute Gasteiger partial charge is 0.338 e. The Morgan fingerprint density at radius 3 is 2.67 bits per heavy atom. The Kier molecular flexibility index (Phi) is 3.73. The summed E-state index contributed by atoms with van der Waals surface area (Å²) in [6.07, 6.45) is 1.10. The van der Waals surface area contributed by atoms with E-state index < -0.39 is 0 Å². The molecule has 0 saturated carbocycles. The van der Waals surface area contributed by atoms with Gasteiger partial charge in [-0.05, 0) is 12.3 Å². The smallest absolute Gasteiger partial charge is 0.240 e. The fourth-order valence-electron chi connectivity index (χ4n) is 2.46. The third-order valence-electron chi connectivity index (χ3n) is 3.27. The van der Waals surface area contributed by atoms with Crippen molar-refractivity contribution in [2.75, 3.05) is 13.1 Å². The highest BCUT2D eigenvalue weighted by molar-refractivity contribution is 5.00. The van der Waals surface area contributed by atoms with Gasteiger partial charge < -0.3 is 10.3 Å². The topological polar surface area (TPSA) is 68.2 Å². The van der Waals surface area contributed by atoms with Gasteiger partial charge in [-0.15, -0.1) is 0 Å². The minimum Gasteiger partial charge on any atom is -0.338 e. The number of hydrogen-bond donors (Lipinski definition) is 1. The van der Waals surface area contributed by atoms with Crippen LogP contribution in [-0.4, -0.2) is 34.2 Å². The van der Waals surface area contributed by atoms with Gasteiger partial charge in [-0.2, -0.15) is 4.98 Å². The second kappa shape index (κ2) is 4.97. The number of aromatic nitrogens is 2. The van der Waals surface area contributed by atoms with Crippen molar-refractivity contribution >= 4 is 0 Å². The van der Waals surface area contributed by atoms with Crippen molar-refractivity contribution in [3.8, 4) is 0 Å². The lowest BCUT2D eigenvalue weighted by Crippen LogP contribution is -2.45. The van der Waals surface area contributed by atoms with Crippen molar-refractivity contribution in [1.29, 1.82) is 0 Å². The number of rotatable bonds is 2. The van der Waals surface area contributed by atoms with Crippen LogP contribution >= 0.6 is 0 Å². The summed E-state index contributed by atoms with van der Waals surface area (Å²) in [5.41, 5.74) is 5.97. The molecule has 2 rings (SSSR count). The van der Waals surface area contributed by atoms with E-state index >= 15 is 0 Å². The Hall–Kier alpha value is -0.940. The second-order valence-corrected chi connectivity index (χ2v) is 6.56. The third kappa shape index (κ3) is 3.29. The van der Waals surface area contributed by atoms with Gasteiger partial charge in [0.1, 0.15) is 0 Å². The molecule has 0 aromatic carbocycles. The molecular weight excluding hydrogens is 228 g/mol. The van der Waals surface area contributed by atoms with E-state index in [0.717, 1.165) is 25.3 Å². The first-order valence-electron chi connectivity index (χ1n) is 6.65. The van der Waals surface area contributed by atoms with Gasteiger partial charge in [-0.25, -0.2) is 0 Å². The molecule has 1 aromatic heterocycles. The van der Waals surface area contributed by atoms with Crippen LogP contribution in [0.1, 0.15) is 45.8 Å². The molecular formula is C13H24N4O. The molecule has 1 aliphatic heterocycles. The van der Waals surface area contributed by atoms with Crippen LogP contribution in [0.3, 0.4) is 0 Å². The van der Waals surface area contributed by atoms with Crippen LogP contribution in [-0.2, 0) is 12.0 Å². The lowest BCUT2D eigenvalue weighted by atomic mass is 9.96. The second-order valence-electron chi connectivity index (χ2n) is 6.56. The predicted molar refractivity (Wildman–Crippen MR) is 70.0 cm³/mol. The van der Waals surface area contributed by atoms with Crippen LogP contribution in [0.5, 0.6) is 0 Å². The van der Waals surface area contributed by atoms with Crippen molar-refractivity contribution in [2.24, 2.45) is 11.7 Å². The maximum absolute atomic E-state index is 6.04. The highest BCUT2D eigenvalue weighted by atomic mass is 16.5. The number of likely N-dealkylation sites (tertiary alicyclic amines) is 1. The highest BCUT2D eigenvalue weighted by Crippen LogP contribution is 2.20. The molecule has 5 heteroatoms. The van der Waals surface area contributed by atoms with Gasteiger partial charge in [0.25, 0.3) is 0 Å². The molecule has 1 aromatic rings. The minimum atomic E-state index is -0.0622. The maximum atomic E-state index is 6.04. The van der Waals surface area contributed by atoms with E-state index in [0.29, 0.717) is 18.4 Å². The zero-order valence-corrected chi connectivity index (χ0v) is 11.8. The van der Waals surface area contributed by atoms with Gasteiger partial charge in [-0.3, -0.25) is 4.90 Å². The summed E-state index contributed by atoms with van der Waals surface area (Å²) in [5.74, 6) is 2.10. The summed E-state index contributed by atoms with van der Waals surface area (Å²) in [7, 11) is 0. The molecule has 102 valence electrons. The van der Waals surface area contributed by atoms with Crippen molar-refractivity contribution in [3.63, 3.8) is 0 Å². The fourth-order valence-corrected chi connectivity index (χ4v) is 2.46. The van der Waals surface area contributed by atoms with Crippen molar-refractivity contribution in [2.45, 2.75) is 52.1 Å². The van der Waals surface area contributed by atoms with Crippen LogP contribution in [0.4, 0.5) is 0 Å². The molecule has 0 bridgehead atoms. The average molecular weight is 252 g/mol. The molecule has 1 fully saturated rings. The quantitative estimate of drug-likeness (QED) is 0.864. The Bertz CT molecular complexity index is 386. The van der Waals surface area contributed by atoms with Gasteiger partial charge in [0, 0.05) is 24.5 Å². The number of nitrogens with two attached hydrogens (primary N) is 1. The van der Waals surface area contributed by atoms with Crippen LogP contribution < -0.4 is 5.73 Å². The zero-order chi connectivity index (χ0) is 13.3. The first-order chi connectivity index (χ1) is 8.34. The normalized spacial score (nSPS) is 26.5. The summed E-state index contributed by atoms with van der Waals surface area (Å²) in [4.78, 5) is 6.77. The molecule has 0 aliphatic carbocycles. The van der Waals surface area contributed by atoms with E-state index in [9.17, 15) is 0 Å². The number of nitrogens with zero attached hydrogens (tertiary/aromatic N) is 3. The maximum Gasteiger partial charge on any atom is 0.240 e. The summed E-state index contributed by atoms with van der Waals surface area (Å²) >= 11 is 0. The first-order valence-corrected chi connectivity index (χ1v) is 6.65. The molecule has 2 unspecified atom stereocenters. The van der Waals surface area contributed by atoms with Gasteiger partial charge in [-0.1, -0.05) is 32.9 Å². The Morgan fingerprint density at radius 2 is 2.11 bits per heavy atom. The van der Waals surface area contributed by atoms with E-state index in [2.05, 4.69) is 42.7 Å². The fraction of sp³-hybridized carbons (Fsp3) is 0.846. The van der Waals surface area contributed by atoms with Crippen molar-refractivity contribution < 1.29 is 4.52 Å². The Balaban J connectivity index is 1.99. The lowest BCUT2D eigenvalue weighted by Gasteiger charge is -2.33. The molecule has 0 spiro atoms. The number of hydrogen-bond acceptors (Lipinski definition) is 5. The third-order valence-corrected chi connectivity index (χ3v) is 3.27. The van der Waals surface area contributed by atoms with Crippen LogP contribution in [0, 0.1) is 5.92 Å². The predicted octanol–water partition coefficient (Wildman–Crippen LogP) is 1.54. The lowest BCUT2D eigenvalue weighted by molar-refractivity contribution is 0.142. The van der Waals surface area contributed by atoms with Gasteiger partial charge in [0.05, 0.1) is 6.54 Å². The van der Waals surface area contributed by atoms with E-state index in [1.165, 1.54) is 0 Å². The standard InChI is InChI=1S/C13H24N4O/c1-9-5-10(14)7-17(6-9)8-11-15-12(16-18-11)13(2,3)4/h9-10H,5-8,14H2,1-4H3. The molecule has 2 atom stereocenters. The van der Waals surface area contributed by atoms with Gasteiger partial charge >= 0.3 is 0 Å². The molecule has 18 heavy (non-hydrogen) atoms. The SMILES string of the molecule is CC1CC(N)CN(Cc2nc(C(C)(C)C)no2)C1. The zero-order valence-electron chi connectivity index (χ0n) is 11.8. The summed E-state index contributed by atoms with van der Waals surface area (Å²) in [6.45, 7) is 11.2. The molecule has 0 radical (unpaired) electrons. The van der Waals surface area contributed by atoms with Crippen LogP contribution in [0.15, 0.2) is 4.52 Å².